The van der Waals surface area contributed by atoms with Gasteiger partial charge >= 0.3 is 0 Å². The molecular weight excluding hydrogens is 222 g/mol. The number of nitrogens with one attached hydrogen (secondary N) is 1. The average Bonchev–Trinajstić information content (AvgIpc) is 3.08. The van der Waals surface area contributed by atoms with E-state index in [1.165, 1.54) is 25.0 Å². The maximum absolute atomic E-state index is 4.48. The Morgan fingerprint density at radius 3 is 2.72 bits per heavy atom. The van der Waals surface area contributed by atoms with Gasteiger partial charge in [0.1, 0.15) is 0 Å². The highest BCUT2D eigenvalue weighted by molar-refractivity contribution is 5.33. The van der Waals surface area contributed by atoms with Crippen LogP contribution in [0.15, 0.2) is 42.6 Å². The van der Waals surface area contributed by atoms with Gasteiger partial charge in [0, 0.05) is 23.9 Å². The minimum atomic E-state index is 0.630. The summed E-state index contributed by atoms with van der Waals surface area (Å²) in [5.41, 5.74) is 2.50. The van der Waals surface area contributed by atoms with Crippen LogP contribution in [0.3, 0.4) is 0 Å². The van der Waals surface area contributed by atoms with Crippen molar-refractivity contribution in [2.24, 2.45) is 0 Å². The molecule has 0 spiro atoms. The molecule has 1 heterocycles. The molecule has 1 aromatic carbocycles. The number of rotatable bonds is 3. The van der Waals surface area contributed by atoms with Crippen LogP contribution in [0.2, 0.25) is 0 Å². The Morgan fingerprint density at radius 1 is 1.17 bits per heavy atom. The van der Waals surface area contributed by atoms with Crippen molar-refractivity contribution in [2.75, 3.05) is 7.05 Å². The molecule has 3 heteroatoms. The van der Waals surface area contributed by atoms with Crippen molar-refractivity contribution in [2.45, 2.75) is 31.2 Å². The Kier molecular flexibility index (Phi) is 3.15. The van der Waals surface area contributed by atoms with E-state index in [9.17, 15) is 0 Å². The molecule has 2 unspecified atom stereocenters. The zero-order chi connectivity index (χ0) is 12.4. The molecule has 2 aromatic rings. The third-order valence-corrected chi connectivity index (χ3v) is 3.93. The molecule has 3 nitrogen and oxygen atoms in total. The first-order valence-electron chi connectivity index (χ1n) is 6.65. The monoisotopic (exact) mass is 241 g/mol. The van der Waals surface area contributed by atoms with Gasteiger partial charge in [0.15, 0.2) is 0 Å². The summed E-state index contributed by atoms with van der Waals surface area (Å²) in [6.07, 6.45) is 5.65. The number of hydrogen-bond acceptors (Lipinski definition) is 2. The van der Waals surface area contributed by atoms with E-state index in [1.54, 1.807) is 0 Å². The van der Waals surface area contributed by atoms with E-state index in [0.717, 1.165) is 5.69 Å². The molecule has 1 aromatic heterocycles. The van der Waals surface area contributed by atoms with Gasteiger partial charge in [-0.3, -0.25) is 0 Å². The Labute approximate surface area is 108 Å². The van der Waals surface area contributed by atoms with Crippen molar-refractivity contribution in [3.8, 4) is 5.69 Å². The minimum absolute atomic E-state index is 0.630. The summed E-state index contributed by atoms with van der Waals surface area (Å²) in [6.45, 7) is 0. The fourth-order valence-electron chi connectivity index (χ4n) is 2.92. The van der Waals surface area contributed by atoms with Gasteiger partial charge in [0.2, 0.25) is 0 Å². The van der Waals surface area contributed by atoms with Gasteiger partial charge in [-0.1, -0.05) is 18.2 Å². The van der Waals surface area contributed by atoms with Crippen LogP contribution in [0.1, 0.15) is 30.9 Å². The van der Waals surface area contributed by atoms with E-state index in [-0.39, 0.29) is 0 Å². The van der Waals surface area contributed by atoms with Crippen molar-refractivity contribution in [1.29, 1.82) is 0 Å². The lowest BCUT2D eigenvalue weighted by Gasteiger charge is -2.13. The van der Waals surface area contributed by atoms with E-state index >= 15 is 0 Å². The quantitative estimate of drug-likeness (QED) is 0.895. The van der Waals surface area contributed by atoms with Gasteiger partial charge in [-0.05, 0) is 44.5 Å². The van der Waals surface area contributed by atoms with Gasteiger partial charge in [-0.2, -0.15) is 5.10 Å². The summed E-state index contributed by atoms with van der Waals surface area (Å²) in [6, 6.07) is 13.2. The van der Waals surface area contributed by atoms with Crippen LogP contribution in [0.5, 0.6) is 0 Å². The van der Waals surface area contributed by atoms with E-state index in [0.29, 0.717) is 12.0 Å². The van der Waals surface area contributed by atoms with Crippen LogP contribution < -0.4 is 5.32 Å². The predicted molar refractivity (Wildman–Crippen MR) is 73.0 cm³/mol. The second kappa shape index (κ2) is 4.94. The molecule has 94 valence electrons. The number of aromatic nitrogens is 2. The van der Waals surface area contributed by atoms with Crippen LogP contribution in [-0.2, 0) is 0 Å². The highest BCUT2D eigenvalue weighted by Gasteiger charge is 2.27. The third-order valence-electron chi connectivity index (χ3n) is 3.93. The van der Waals surface area contributed by atoms with Crippen molar-refractivity contribution >= 4 is 0 Å². The molecule has 0 radical (unpaired) electrons. The lowest BCUT2D eigenvalue weighted by molar-refractivity contribution is 0.564. The Bertz CT molecular complexity index is 503. The summed E-state index contributed by atoms with van der Waals surface area (Å²) in [5.74, 6) is 0.630. The number of nitrogens with zero attached hydrogens (tertiary/aromatic N) is 2. The van der Waals surface area contributed by atoms with Crippen LogP contribution in [0.4, 0.5) is 0 Å². The molecule has 1 aliphatic carbocycles. The largest absolute Gasteiger partial charge is 0.317 e. The molecular formula is C15H19N3. The molecule has 0 bridgehead atoms. The first kappa shape index (κ1) is 11.5. The summed E-state index contributed by atoms with van der Waals surface area (Å²) >= 11 is 0. The van der Waals surface area contributed by atoms with Crippen molar-refractivity contribution < 1.29 is 0 Å². The fraction of sp³-hybridized carbons (Fsp3) is 0.400. The Hall–Kier alpha value is -1.61. The maximum Gasteiger partial charge on any atom is 0.0648 e. The first-order valence-corrected chi connectivity index (χ1v) is 6.65. The van der Waals surface area contributed by atoms with E-state index in [4.69, 9.17) is 0 Å². The maximum atomic E-state index is 4.48. The molecule has 1 fully saturated rings. The van der Waals surface area contributed by atoms with Crippen LogP contribution in [0.25, 0.3) is 5.69 Å². The smallest absolute Gasteiger partial charge is 0.0648 e. The molecule has 0 saturated heterocycles. The van der Waals surface area contributed by atoms with Crippen molar-refractivity contribution in [3.63, 3.8) is 0 Å². The van der Waals surface area contributed by atoms with Crippen LogP contribution in [-0.4, -0.2) is 22.9 Å². The van der Waals surface area contributed by atoms with Gasteiger partial charge in [0.25, 0.3) is 0 Å². The number of benzene rings is 1. The standard InChI is InChI=1S/C15H19N3/c1-16-13-8-7-12(11-13)15-9-10-17-18(15)14-5-3-2-4-6-14/h2-6,9-10,12-13,16H,7-8,11H2,1H3. The third kappa shape index (κ3) is 2.06. The van der Waals surface area contributed by atoms with E-state index in [2.05, 4.69) is 52.5 Å². The zero-order valence-electron chi connectivity index (χ0n) is 10.7. The number of hydrogen-bond donors (Lipinski definition) is 1. The summed E-state index contributed by atoms with van der Waals surface area (Å²) < 4.78 is 2.09. The second-order valence-electron chi connectivity index (χ2n) is 5.00. The molecule has 0 aliphatic heterocycles. The van der Waals surface area contributed by atoms with Crippen LogP contribution in [0, 0.1) is 0 Å². The van der Waals surface area contributed by atoms with Gasteiger partial charge in [0.05, 0.1) is 5.69 Å². The highest BCUT2D eigenvalue weighted by Crippen LogP contribution is 2.34. The summed E-state index contributed by atoms with van der Waals surface area (Å²) in [5, 5.41) is 7.86. The lowest BCUT2D eigenvalue weighted by atomic mass is 10.0. The number of para-hydroxylation sites is 1. The first-order chi connectivity index (χ1) is 8.88. The lowest BCUT2D eigenvalue weighted by Crippen LogP contribution is -2.21. The fourth-order valence-corrected chi connectivity index (χ4v) is 2.92. The normalized spacial score (nSPS) is 23.4. The van der Waals surface area contributed by atoms with Gasteiger partial charge < -0.3 is 5.32 Å². The molecule has 1 N–H and O–H groups in total. The zero-order valence-corrected chi connectivity index (χ0v) is 10.7. The SMILES string of the molecule is CNC1CCC(c2ccnn2-c2ccccc2)C1. The minimum Gasteiger partial charge on any atom is -0.317 e. The molecule has 3 rings (SSSR count). The predicted octanol–water partition coefficient (Wildman–Crippen LogP) is 2.73. The second-order valence-corrected chi connectivity index (χ2v) is 5.00. The summed E-state index contributed by atoms with van der Waals surface area (Å²) in [7, 11) is 2.06. The average molecular weight is 241 g/mol. The van der Waals surface area contributed by atoms with E-state index < -0.39 is 0 Å². The van der Waals surface area contributed by atoms with Crippen molar-refractivity contribution in [3.05, 3.63) is 48.3 Å². The topological polar surface area (TPSA) is 29.9 Å². The summed E-state index contributed by atoms with van der Waals surface area (Å²) in [4.78, 5) is 0. The van der Waals surface area contributed by atoms with Gasteiger partial charge in [-0.15, -0.1) is 0 Å². The molecule has 1 saturated carbocycles. The molecule has 1 aliphatic rings. The van der Waals surface area contributed by atoms with Crippen molar-refractivity contribution in [1.82, 2.24) is 15.1 Å². The van der Waals surface area contributed by atoms with E-state index in [1.807, 2.05) is 12.3 Å². The molecule has 2 atom stereocenters. The Morgan fingerprint density at radius 2 is 2.00 bits per heavy atom. The molecule has 18 heavy (non-hydrogen) atoms. The highest BCUT2D eigenvalue weighted by atomic mass is 15.3. The van der Waals surface area contributed by atoms with Crippen LogP contribution >= 0.6 is 0 Å². The van der Waals surface area contributed by atoms with Gasteiger partial charge in [-0.25, -0.2) is 4.68 Å². The Balaban J connectivity index is 1.89. The molecule has 0 amide bonds.